The molecule has 0 saturated carbocycles. The Morgan fingerprint density at radius 2 is 2.14 bits per heavy atom. The first-order chi connectivity index (χ1) is 9.81. The van der Waals surface area contributed by atoms with Gasteiger partial charge in [-0.1, -0.05) is 0 Å². The third-order valence-corrected chi connectivity index (χ3v) is 3.43. The van der Waals surface area contributed by atoms with Crippen LogP contribution in [-0.2, 0) is 9.53 Å². The molecule has 1 aromatic rings. The van der Waals surface area contributed by atoms with Gasteiger partial charge in [0.25, 0.3) is 0 Å². The van der Waals surface area contributed by atoms with Gasteiger partial charge in [0.15, 0.2) is 5.78 Å². The van der Waals surface area contributed by atoms with E-state index in [9.17, 15) is 9.59 Å². The van der Waals surface area contributed by atoms with Crippen molar-refractivity contribution in [2.45, 2.75) is 44.9 Å². The van der Waals surface area contributed by atoms with E-state index in [1.807, 2.05) is 10.8 Å². The molecule has 1 fully saturated rings. The zero-order valence-corrected chi connectivity index (χ0v) is 12.7. The summed E-state index contributed by atoms with van der Waals surface area (Å²) in [5.41, 5.74) is 4.86. The maximum Gasteiger partial charge on any atom is 0.410 e. The minimum Gasteiger partial charge on any atom is -0.444 e. The number of carbonyl (C=O) groups is 2. The molecule has 2 rings (SSSR count). The Kier molecular flexibility index (Phi) is 4.32. The molecular formula is C14H22N4O3. The number of carbonyl (C=O) groups excluding carboxylic acids is 2. The third kappa shape index (κ3) is 3.60. The van der Waals surface area contributed by atoms with Crippen LogP contribution in [0.3, 0.4) is 0 Å². The van der Waals surface area contributed by atoms with Crippen molar-refractivity contribution in [3.05, 3.63) is 18.7 Å². The Labute approximate surface area is 124 Å². The second-order valence-electron chi connectivity index (χ2n) is 6.22. The highest BCUT2D eigenvalue weighted by atomic mass is 16.6. The summed E-state index contributed by atoms with van der Waals surface area (Å²) < 4.78 is 7.29. The van der Waals surface area contributed by atoms with Crippen molar-refractivity contribution < 1.29 is 14.3 Å². The first kappa shape index (κ1) is 15.5. The lowest BCUT2D eigenvalue weighted by atomic mass is 10.1. The molecule has 1 aliphatic heterocycles. The molecule has 21 heavy (non-hydrogen) atoms. The van der Waals surface area contributed by atoms with E-state index in [1.54, 1.807) is 33.3 Å². The van der Waals surface area contributed by atoms with Gasteiger partial charge >= 0.3 is 6.09 Å². The maximum atomic E-state index is 12.3. The molecule has 1 aliphatic rings. The fraction of sp³-hybridized carbons (Fsp3) is 0.643. The van der Waals surface area contributed by atoms with Crippen LogP contribution < -0.4 is 5.73 Å². The highest BCUT2D eigenvalue weighted by Crippen LogP contribution is 2.29. The summed E-state index contributed by atoms with van der Waals surface area (Å²) in [6.07, 6.45) is 5.25. The summed E-state index contributed by atoms with van der Waals surface area (Å²) in [6.45, 7) is 5.73. The summed E-state index contributed by atoms with van der Waals surface area (Å²) >= 11 is 0. The highest BCUT2D eigenvalue weighted by molar-refractivity contribution is 5.89. The molecule has 1 amide bonds. The number of hydrogen-bond acceptors (Lipinski definition) is 5. The van der Waals surface area contributed by atoms with Crippen molar-refractivity contribution in [2.75, 3.05) is 13.1 Å². The van der Waals surface area contributed by atoms with Crippen molar-refractivity contribution >= 4 is 11.9 Å². The molecule has 2 N–H and O–H groups in total. The van der Waals surface area contributed by atoms with E-state index in [-0.39, 0.29) is 18.4 Å². The van der Waals surface area contributed by atoms with Gasteiger partial charge in [0.2, 0.25) is 0 Å². The topological polar surface area (TPSA) is 90.5 Å². The van der Waals surface area contributed by atoms with Crippen LogP contribution in [0.15, 0.2) is 18.7 Å². The largest absolute Gasteiger partial charge is 0.444 e. The van der Waals surface area contributed by atoms with Gasteiger partial charge in [0.05, 0.1) is 25.0 Å². The Morgan fingerprint density at radius 3 is 2.67 bits per heavy atom. The summed E-state index contributed by atoms with van der Waals surface area (Å²) in [4.78, 5) is 29.8. The van der Waals surface area contributed by atoms with Crippen molar-refractivity contribution in [3.8, 4) is 0 Å². The van der Waals surface area contributed by atoms with Gasteiger partial charge in [-0.2, -0.15) is 0 Å². The van der Waals surface area contributed by atoms with Crippen LogP contribution in [0, 0.1) is 0 Å². The SMILES string of the molecule is CC(C)(C)OC(=O)N1C[C@@H](n2ccnc2)C[C@H]1C(=O)CN. The molecule has 0 aliphatic carbocycles. The van der Waals surface area contributed by atoms with Gasteiger partial charge in [0, 0.05) is 18.9 Å². The Hall–Kier alpha value is -1.89. The quantitative estimate of drug-likeness (QED) is 0.896. The van der Waals surface area contributed by atoms with Gasteiger partial charge in [-0.3, -0.25) is 9.69 Å². The molecule has 0 aromatic carbocycles. The van der Waals surface area contributed by atoms with Crippen molar-refractivity contribution in [1.29, 1.82) is 0 Å². The lowest BCUT2D eigenvalue weighted by molar-refractivity contribution is -0.122. The maximum absolute atomic E-state index is 12.3. The normalized spacial score (nSPS) is 22.4. The predicted molar refractivity (Wildman–Crippen MR) is 76.7 cm³/mol. The van der Waals surface area contributed by atoms with Crippen LogP contribution in [0.5, 0.6) is 0 Å². The fourth-order valence-electron chi connectivity index (χ4n) is 2.48. The van der Waals surface area contributed by atoms with Gasteiger partial charge in [-0.15, -0.1) is 0 Å². The van der Waals surface area contributed by atoms with Crippen LogP contribution in [-0.4, -0.2) is 51.1 Å². The molecule has 0 spiro atoms. The molecule has 116 valence electrons. The number of nitrogens with zero attached hydrogens (tertiary/aromatic N) is 3. The van der Waals surface area contributed by atoms with Crippen LogP contribution in [0.2, 0.25) is 0 Å². The number of likely N-dealkylation sites (tertiary alicyclic amines) is 1. The van der Waals surface area contributed by atoms with E-state index in [4.69, 9.17) is 10.5 Å². The molecule has 2 atom stereocenters. The highest BCUT2D eigenvalue weighted by Gasteiger charge is 2.41. The second kappa shape index (κ2) is 5.85. The van der Waals surface area contributed by atoms with Gasteiger partial charge in [0.1, 0.15) is 5.60 Å². The number of nitrogens with two attached hydrogens (primary N) is 1. The first-order valence-corrected chi connectivity index (χ1v) is 7.01. The average molecular weight is 294 g/mol. The van der Waals surface area contributed by atoms with E-state index < -0.39 is 17.7 Å². The standard InChI is InChI=1S/C14H22N4O3/c1-14(2,3)21-13(20)18-8-10(17-5-4-16-9-17)6-11(18)12(19)7-15/h4-5,9-11H,6-8,15H2,1-3H3/t10-,11-/m0/s1. The molecular weight excluding hydrogens is 272 g/mol. The number of rotatable bonds is 3. The Morgan fingerprint density at radius 1 is 1.43 bits per heavy atom. The van der Waals surface area contributed by atoms with E-state index in [2.05, 4.69) is 4.98 Å². The van der Waals surface area contributed by atoms with E-state index in [1.165, 1.54) is 4.90 Å². The summed E-state index contributed by atoms with van der Waals surface area (Å²) in [5.74, 6) is -0.150. The van der Waals surface area contributed by atoms with Crippen molar-refractivity contribution in [1.82, 2.24) is 14.5 Å². The summed E-state index contributed by atoms with van der Waals surface area (Å²) in [5, 5.41) is 0. The fourth-order valence-corrected chi connectivity index (χ4v) is 2.48. The summed E-state index contributed by atoms with van der Waals surface area (Å²) in [6, 6.07) is -0.516. The molecule has 7 nitrogen and oxygen atoms in total. The number of amides is 1. The molecule has 0 radical (unpaired) electrons. The van der Waals surface area contributed by atoms with E-state index in [0.29, 0.717) is 13.0 Å². The molecule has 2 heterocycles. The minimum absolute atomic E-state index is 0.0144. The van der Waals surface area contributed by atoms with Crippen molar-refractivity contribution in [3.63, 3.8) is 0 Å². The number of Topliss-reactive ketones (excluding diaryl/α,β-unsaturated/α-hetero) is 1. The number of ketones is 1. The van der Waals surface area contributed by atoms with Gasteiger partial charge < -0.3 is 15.0 Å². The van der Waals surface area contributed by atoms with Gasteiger partial charge in [-0.25, -0.2) is 9.78 Å². The Balaban J connectivity index is 2.16. The zero-order valence-electron chi connectivity index (χ0n) is 12.7. The molecule has 7 heteroatoms. The molecule has 0 bridgehead atoms. The monoisotopic (exact) mass is 294 g/mol. The number of ether oxygens (including phenoxy) is 1. The molecule has 1 aromatic heterocycles. The van der Waals surface area contributed by atoms with Crippen LogP contribution >= 0.6 is 0 Å². The minimum atomic E-state index is -0.597. The second-order valence-corrected chi connectivity index (χ2v) is 6.22. The van der Waals surface area contributed by atoms with Crippen molar-refractivity contribution in [2.24, 2.45) is 5.73 Å². The first-order valence-electron chi connectivity index (χ1n) is 7.01. The van der Waals surface area contributed by atoms with E-state index >= 15 is 0 Å². The third-order valence-electron chi connectivity index (χ3n) is 3.43. The average Bonchev–Trinajstić information content (AvgIpc) is 3.04. The predicted octanol–water partition coefficient (Wildman–Crippen LogP) is 0.961. The zero-order chi connectivity index (χ0) is 15.6. The number of imidazole rings is 1. The van der Waals surface area contributed by atoms with Crippen LogP contribution in [0.1, 0.15) is 33.2 Å². The van der Waals surface area contributed by atoms with Gasteiger partial charge in [-0.05, 0) is 27.2 Å². The van der Waals surface area contributed by atoms with E-state index in [0.717, 1.165) is 0 Å². The van der Waals surface area contributed by atoms with Crippen LogP contribution in [0.25, 0.3) is 0 Å². The Bertz CT molecular complexity index is 507. The lowest BCUT2D eigenvalue weighted by Crippen LogP contribution is -2.45. The molecule has 0 unspecified atom stereocenters. The number of hydrogen-bond donors (Lipinski definition) is 1. The smallest absolute Gasteiger partial charge is 0.410 e. The lowest BCUT2D eigenvalue weighted by Gasteiger charge is -2.27. The molecule has 1 saturated heterocycles. The summed E-state index contributed by atoms with van der Waals surface area (Å²) in [7, 11) is 0. The van der Waals surface area contributed by atoms with Crippen LogP contribution in [0.4, 0.5) is 4.79 Å². The number of aromatic nitrogens is 2.